The standard InChI is InChI=1S/C19H19N5/c20-18-16(11-22-19(21)23-18)12-24-9-8-15-10-14(6-7-17(15)24)13-4-2-1-3-5-13/h1-7,10-11H,8-9,12H2,(H4,20,21,22,23). The van der Waals surface area contributed by atoms with Crippen molar-refractivity contribution in [1.82, 2.24) is 9.97 Å². The molecular formula is C19H19N5. The Kier molecular flexibility index (Phi) is 3.54. The molecule has 0 amide bonds. The molecule has 5 nitrogen and oxygen atoms in total. The highest BCUT2D eigenvalue weighted by Gasteiger charge is 2.20. The van der Waals surface area contributed by atoms with Gasteiger partial charge in [-0.3, -0.25) is 0 Å². The lowest BCUT2D eigenvalue weighted by Gasteiger charge is -2.20. The number of hydrogen-bond acceptors (Lipinski definition) is 5. The molecule has 0 spiro atoms. The van der Waals surface area contributed by atoms with E-state index in [1.807, 2.05) is 6.07 Å². The van der Waals surface area contributed by atoms with Crippen molar-refractivity contribution >= 4 is 17.5 Å². The van der Waals surface area contributed by atoms with Crippen LogP contribution < -0.4 is 16.4 Å². The van der Waals surface area contributed by atoms with Gasteiger partial charge in [-0.1, -0.05) is 36.4 Å². The lowest BCUT2D eigenvalue weighted by molar-refractivity contribution is 0.830. The van der Waals surface area contributed by atoms with Gasteiger partial charge in [0.05, 0.1) is 0 Å². The van der Waals surface area contributed by atoms with Crippen LogP contribution in [0.2, 0.25) is 0 Å². The first-order chi connectivity index (χ1) is 11.7. The molecule has 0 fully saturated rings. The first kappa shape index (κ1) is 14.5. The Morgan fingerprint density at radius 1 is 1.00 bits per heavy atom. The van der Waals surface area contributed by atoms with E-state index in [0.717, 1.165) is 18.5 Å². The largest absolute Gasteiger partial charge is 0.383 e. The number of rotatable bonds is 3. The van der Waals surface area contributed by atoms with Gasteiger partial charge in [-0.05, 0) is 35.2 Å². The number of benzene rings is 2. The predicted octanol–water partition coefficient (Wildman–Crippen LogP) is 2.87. The molecular weight excluding hydrogens is 298 g/mol. The molecule has 2 heterocycles. The normalized spacial score (nSPS) is 13.1. The fraction of sp³-hybridized carbons (Fsp3) is 0.158. The van der Waals surface area contributed by atoms with Crippen LogP contribution in [0.15, 0.2) is 54.7 Å². The molecule has 0 unspecified atom stereocenters. The van der Waals surface area contributed by atoms with Gasteiger partial charge >= 0.3 is 0 Å². The summed E-state index contributed by atoms with van der Waals surface area (Å²) >= 11 is 0. The molecule has 4 rings (SSSR count). The second kappa shape index (κ2) is 5.85. The lowest BCUT2D eigenvalue weighted by Crippen LogP contribution is -2.21. The van der Waals surface area contributed by atoms with E-state index in [2.05, 4.69) is 57.3 Å². The van der Waals surface area contributed by atoms with E-state index in [9.17, 15) is 0 Å². The van der Waals surface area contributed by atoms with Crippen LogP contribution in [0, 0.1) is 0 Å². The Hall–Kier alpha value is -3.08. The van der Waals surface area contributed by atoms with Crippen molar-refractivity contribution in [2.24, 2.45) is 0 Å². The molecule has 0 saturated carbocycles. The van der Waals surface area contributed by atoms with Gasteiger partial charge in [-0.25, -0.2) is 4.98 Å². The molecule has 0 radical (unpaired) electrons. The van der Waals surface area contributed by atoms with Gasteiger partial charge < -0.3 is 16.4 Å². The zero-order valence-corrected chi connectivity index (χ0v) is 13.3. The van der Waals surface area contributed by atoms with Gasteiger partial charge in [-0.15, -0.1) is 0 Å². The Bertz CT molecular complexity index is 876. The van der Waals surface area contributed by atoms with E-state index < -0.39 is 0 Å². The van der Waals surface area contributed by atoms with E-state index in [1.165, 1.54) is 22.4 Å². The third-order valence-corrected chi connectivity index (χ3v) is 4.46. The highest BCUT2D eigenvalue weighted by atomic mass is 15.2. The van der Waals surface area contributed by atoms with E-state index in [1.54, 1.807) is 6.20 Å². The minimum atomic E-state index is 0.213. The van der Waals surface area contributed by atoms with E-state index in [0.29, 0.717) is 12.4 Å². The average Bonchev–Trinajstić information content (AvgIpc) is 3.00. The van der Waals surface area contributed by atoms with Crippen molar-refractivity contribution < 1.29 is 0 Å². The first-order valence-corrected chi connectivity index (χ1v) is 8.01. The maximum absolute atomic E-state index is 5.96. The highest BCUT2D eigenvalue weighted by molar-refractivity contribution is 5.70. The molecule has 24 heavy (non-hydrogen) atoms. The number of nitrogen functional groups attached to an aromatic ring is 2. The quantitative estimate of drug-likeness (QED) is 0.776. The van der Waals surface area contributed by atoms with Crippen LogP contribution in [0.25, 0.3) is 11.1 Å². The van der Waals surface area contributed by atoms with E-state index in [4.69, 9.17) is 11.5 Å². The molecule has 0 bridgehead atoms. The SMILES string of the molecule is Nc1ncc(CN2CCc3cc(-c4ccccc4)ccc32)c(N)n1. The minimum Gasteiger partial charge on any atom is -0.383 e. The van der Waals surface area contributed by atoms with E-state index >= 15 is 0 Å². The zero-order valence-electron chi connectivity index (χ0n) is 13.3. The van der Waals surface area contributed by atoms with Crippen molar-refractivity contribution in [2.45, 2.75) is 13.0 Å². The van der Waals surface area contributed by atoms with Gasteiger partial charge in [0.2, 0.25) is 5.95 Å². The van der Waals surface area contributed by atoms with Crippen LogP contribution in [0.4, 0.5) is 17.5 Å². The second-order valence-electron chi connectivity index (χ2n) is 6.02. The van der Waals surface area contributed by atoms with Gasteiger partial charge in [0.25, 0.3) is 0 Å². The Balaban J connectivity index is 1.60. The molecule has 0 aliphatic carbocycles. The number of anilines is 3. The Labute approximate surface area is 141 Å². The summed E-state index contributed by atoms with van der Waals surface area (Å²) in [6, 6.07) is 17.1. The summed E-state index contributed by atoms with van der Waals surface area (Å²) in [6.07, 6.45) is 2.75. The van der Waals surface area contributed by atoms with Crippen LogP contribution in [-0.4, -0.2) is 16.5 Å². The molecule has 5 heteroatoms. The number of fused-ring (bicyclic) bond motifs is 1. The molecule has 120 valence electrons. The summed E-state index contributed by atoms with van der Waals surface area (Å²) in [5.74, 6) is 0.669. The van der Waals surface area contributed by atoms with Crippen LogP contribution in [0.5, 0.6) is 0 Å². The summed E-state index contributed by atoms with van der Waals surface area (Å²) in [4.78, 5) is 10.4. The number of aromatic nitrogens is 2. The van der Waals surface area contributed by atoms with Gasteiger partial charge in [-0.2, -0.15) is 4.98 Å². The van der Waals surface area contributed by atoms with Crippen molar-refractivity contribution in [2.75, 3.05) is 22.9 Å². The molecule has 1 aromatic heterocycles. The van der Waals surface area contributed by atoms with Crippen LogP contribution >= 0.6 is 0 Å². The topological polar surface area (TPSA) is 81.1 Å². The molecule has 1 aliphatic heterocycles. The fourth-order valence-corrected chi connectivity index (χ4v) is 3.21. The predicted molar refractivity (Wildman–Crippen MR) is 97.5 cm³/mol. The summed E-state index contributed by atoms with van der Waals surface area (Å²) in [6.45, 7) is 1.67. The third-order valence-electron chi connectivity index (χ3n) is 4.46. The fourth-order valence-electron chi connectivity index (χ4n) is 3.21. The molecule has 0 saturated heterocycles. The number of hydrogen-bond donors (Lipinski definition) is 2. The van der Waals surface area contributed by atoms with E-state index in [-0.39, 0.29) is 5.95 Å². The summed E-state index contributed by atoms with van der Waals surface area (Å²) in [5, 5.41) is 0. The lowest BCUT2D eigenvalue weighted by atomic mass is 10.0. The Morgan fingerprint density at radius 3 is 2.62 bits per heavy atom. The van der Waals surface area contributed by atoms with Crippen LogP contribution in [0.3, 0.4) is 0 Å². The molecule has 1 aliphatic rings. The summed E-state index contributed by atoms with van der Waals surface area (Å²) in [5.41, 5.74) is 17.6. The Morgan fingerprint density at radius 2 is 1.83 bits per heavy atom. The number of nitrogens with two attached hydrogens (primary N) is 2. The van der Waals surface area contributed by atoms with Gasteiger partial charge in [0.15, 0.2) is 0 Å². The molecule has 2 aromatic carbocycles. The smallest absolute Gasteiger partial charge is 0.221 e. The number of nitrogens with zero attached hydrogens (tertiary/aromatic N) is 3. The zero-order chi connectivity index (χ0) is 16.5. The first-order valence-electron chi connectivity index (χ1n) is 8.01. The van der Waals surface area contributed by atoms with Crippen LogP contribution in [-0.2, 0) is 13.0 Å². The van der Waals surface area contributed by atoms with Crippen molar-refractivity contribution in [3.05, 3.63) is 65.9 Å². The molecule has 3 aromatic rings. The molecule has 4 N–H and O–H groups in total. The minimum absolute atomic E-state index is 0.213. The van der Waals surface area contributed by atoms with Crippen molar-refractivity contribution in [1.29, 1.82) is 0 Å². The average molecular weight is 317 g/mol. The molecule has 0 atom stereocenters. The third kappa shape index (κ3) is 2.65. The maximum Gasteiger partial charge on any atom is 0.221 e. The van der Waals surface area contributed by atoms with Crippen molar-refractivity contribution in [3.8, 4) is 11.1 Å². The van der Waals surface area contributed by atoms with Gasteiger partial charge in [0, 0.05) is 30.5 Å². The maximum atomic E-state index is 5.96. The highest BCUT2D eigenvalue weighted by Crippen LogP contribution is 2.33. The van der Waals surface area contributed by atoms with Gasteiger partial charge in [0.1, 0.15) is 5.82 Å². The van der Waals surface area contributed by atoms with Crippen molar-refractivity contribution in [3.63, 3.8) is 0 Å². The monoisotopic (exact) mass is 317 g/mol. The summed E-state index contributed by atoms with van der Waals surface area (Å²) < 4.78 is 0. The second-order valence-corrected chi connectivity index (χ2v) is 6.02. The summed E-state index contributed by atoms with van der Waals surface area (Å²) in [7, 11) is 0. The van der Waals surface area contributed by atoms with Crippen LogP contribution in [0.1, 0.15) is 11.1 Å².